The lowest BCUT2D eigenvalue weighted by Crippen LogP contribution is -2.27. The number of aromatic amines is 1. The molecular formula is C18H17N3O2. The van der Waals surface area contributed by atoms with Crippen LogP contribution in [0, 0.1) is 0 Å². The Morgan fingerprint density at radius 1 is 1.13 bits per heavy atom. The van der Waals surface area contributed by atoms with E-state index in [1.54, 1.807) is 6.07 Å². The predicted molar refractivity (Wildman–Crippen MR) is 88.4 cm³/mol. The first-order chi connectivity index (χ1) is 11.3. The smallest absolute Gasteiger partial charge is 0.258 e. The number of rotatable bonds is 2. The van der Waals surface area contributed by atoms with Gasteiger partial charge in [-0.25, -0.2) is 4.98 Å². The molecule has 1 N–H and O–H groups in total. The van der Waals surface area contributed by atoms with E-state index >= 15 is 0 Å². The lowest BCUT2D eigenvalue weighted by molar-refractivity contribution is 0.215. The lowest BCUT2D eigenvalue weighted by atomic mass is 10.2. The molecule has 2 heterocycles. The number of aromatic nitrogens is 2. The van der Waals surface area contributed by atoms with E-state index in [1.165, 1.54) is 0 Å². The largest absolute Gasteiger partial charge is 0.492 e. The molecule has 0 spiro atoms. The fraction of sp³-hybridized carbons (Fsp3) is 0.222. The Morgan fingerprint density at radius 2 is 1.96 bits per heavy atom. The van der Waals surface area contributed by atoms with Gasteiger partial charge in [-0.3, -0.25) is 9.69 Å². The number of para-hydroxylation sites is 2. The Morgan fingerprint density at radius 3 is 2.91 bits per heavy atom. The van der Waals surface area contributed by atoms with Gasteiger partial charge in [-0.1, -0.05) is 30.3 Å². The topological polar surface area (TPSA) is 58.2 Å². The number of hydrogen-bond acceptors (Lipinski definition) is 4. The highest BCUT2D eigenvalue weighted by Crippen LogP contribution is 2.23. The Balaban J connectivity index is 1.62. The van der Waals surface area contributed by atoms with Gasteiger partial charge in [0.15, 0.2) is 0 Å². The van der Waals surface area contributed by atoms with E-state index in [-0.39, 0.29) is 5.56 Å². The van der Waals surface area contributed by atoms with Crippen molar-refractivity contribution in [2.45, 2.75) is 13.1 Å². The Labute approximate surface area is 133 Å². The number of H-pyrrole nitrogens is 1. The summed E-state index contributed by atoms with van der Waals surface area (Å²) in [6.45, 7) is 2.81. The van der Waals surface area contributed by atoms with Crippen LogP contribution in [0.5, 0.6) is 5.75 Å². The summed E-state index contributed by atoms with van der Waals surface area (Å²) >= 11 is 0. The highest BCUT2D eigenvalue weighted by Gasteiger charge is 2.16. The molecule has 0 fully saturated rings. The summed E-state index contributed by atoms with van der Waals surface area (Å²) in [4.78, 5) is 21.9. The molecule has 116 valence electrons. The van der Waals surface area contributed by atoms with Crippen molar-refractivity contribution in [2.75, 3.05) is 13.2 Å². The van der Waals surface area contributed by atoms with E-state index in [0.717, 1.165) is 29.9 Å². The minimum Gasteiger partial charge on any atom is -0.492 e. The van der Waals surface area contributed by atoms with Crippen LogP contribution in [0.25, 0.3) is 10.9 Å². The molecule has 0 aliphatic carbocycles. The van der Waals surface area contributed by atoms with E-state index in [4.69, 9.17) is 4.74 Å². The molecule has 1 aliphatic rings. The van der Waals surface area contributed by atoms with Crippen LogP contribution >= 0.6 is 0 Å². The van der Waals surface area contributed by atoms with Crippen molar-refractivity contribution in [3.63, 3.8) is 0 Å². The summed E-state index contributed by atoms with van der Waals surface area (Å²) in [5.41, 5.74) is 1.81. The van der Waals surface area contributed by atoms with Crippen LogP contribution in [0.3, 0.4) is 0 Å². The van der Waals surface area contributed by atoms with Gasteiger partial charge >= 0.3 is 0 Å². The van der Waals surface area contributed by atoms with Crippen LogP contribution in [0.2, 0.25) is 0 Å². The first-order valence-electron chi connectivity index (χ1n) is 7.70. The molecule has 0 radical (unpaired) electrons. The number of fused-ring (bicyclic) bond motifs is 2. The molecule has 0 amide bonds. The third-order valence-electron chi connectivity index (χ3n) is 4.07. The molecule has 1 aliphatic heterocycles. The number of benzene rings is 2. The van der Waals surface area contributed by atoms with Crippen LogP contribution in [-0.2, 0) is 13.1 Å². The van der Waals surface area contributed by atoms with E-state index in [0.29, 0.717) is 24.4 Å². The first-order valence-corrected chi connectivity index (χ1v) is 7.70. The molecule has 0 bridgehead atoms. The quantitative estimate of drug-likeness (QED) is 0.789. The van der Waals surface area contributed by atoms with Crippen LogP contribution in [0.1, 0.15) is 11.4 Å². The Bertz CT molecular complexity index is 904. The summed E-state index contributed by atoms with van der Waals surface area (Å²) in [7, 11) is 0. The second kappa shape index (κ2) is 5.85. The molecule has 0 unspecified atom stereocenters. The molecule has 3 aromatic rings. The average molecular weight is 307 g/mol. The number of ether oxygens (including phenoxy) is 1. The summed E-state index contributed by atoms with van der Waals surface area (Å²) < 4.78 is 5.78. The number of hydrogen-bond donors (Lipinski definition) is 1. The maximum absolute atomic E-state index is 12.2. The first kappa shape index (κ1) is 14.0. The second-order valence-corrected chi connectivity index (χ2v) is 5.70. The molecule has 4 rings (SSSR count). The maximum atomic E-state index is 12.2. The van der Waals surface area contributed by atoms with E-state index in [9.17, 15) is 4.79 Å². The van der Waals surface area contributed by atoms with Crippen molar-refractivity contribution in [1.82, 2.24) is 14.9 Å². The molecular weight excluding hydrogens is 290 g/mol. The van der Waals surface area contributed by atoms with Gasteiger partial charge in [0.25, 0.3) is 5.56 Å². The summed E-state index contributed by atoms with van der Waals surface area (Å²) in [6, 6.07) is 15.5. The van der Waals surface area contributed by atoms with Gasteiger partial charge in [0, 0.05) is 18.7 Å². The molecule has 0 saturated heterocycles. The summed E-state index contributed by atoms with van der Waals surface area (Å²) in [5, 5.41) is 0.626. The fourth-order valence-electron chi connectivity index (χ4n) is 2.94. The van der Waals surface area contributed by atoms with Gasteiger partial charge in [0.05, 0.1) is 17.4 Å². The molecule has 0 atom stereocenters. The van der Waals surface area contributed by atoms with Crippen LogP contribution in [0.4, 0.5) is 0 Å². The van der Waals surface area contributed by atoms with E-state index in [2.05, 4.69) is 20.9 Å². The molecule has 5 heteroatoms. The molecule has 1 aromatic heterocycles. The Hall–Kier alpha value is -2.66. The lowest BCUT2D eigenvalue weighted by Gasteiger charge is -2.18. The van der Waals surface area contributed by atoms with Gasteiger partial charge in [-0.15, -0.1) is 0 Å². The molecule has 0 saturated carbocycles. The third kappa shape index (κ3) is 2.83. The standard InChI is InChI=1S/C18H17N3O2/c22-18-14-6-2-3-7-15(14)19-17(20-18)12-21-9-10-23-16-8-4-1-5-13(16)11-21/h1-8H,9-12H2,(H,19,20,22). The van der Waals surface area contributed by atoms with Gasteiger partial charge in [0.2, 0.25) is 0 Å². The van der Waals surface area contributed by atoms with Crippen LogP contribution in [0.15, 0.2) is 53.3 Å². The van der Waals surface area contributed by atoms with Gasteiger partial charge in [0.1, 0.15) is 18.2 Å². The zero-order chi connectivity index (χ0) is 15.6. The van der Waals surface area contributed by atoms with Crippen molar-refractivity contribution in [3.8, 4) is 5.75 Å². The number of nitrogens with one attached hydrogen (secondary N) is 1. The second-order valence-electron chi connectivity index (χ2n) is 5.70. The average Bonchev–Trinajstić information content (AvgIpc) is 2.76. The van der Waals surface area contributed by atoms with Crippen molar-refractivity contribution in [3.05, 3.63) is 70.3 Å². The monoisotopic (exact) mass is 307 g/mol. The summed E-state index contributed by atoms with van der Waals surface area (Å²) in [5.74, 6) is 1.63. The van der Waals surface area contributed by atoms with Gasteiger partial charge in [-0.05, 0) is 18.2 Å². The minimum absolute atomic E-state index is 0.0860. The number of nitrogens with zero attached hydrogens (tertiary/aromatic N) is 2. The molecule has 5 nitrogen and oxygen atoms in total. The highest BCUT2D eigenvalue weighted by atomic mass is 16.5. The van der Waals surface area contributed by atoms with Crippen molar-refractivity contribution in [2.24, 2.45) is 0 Å². The highest BCUT2D eigenvalue weighted by molar-refractivity contribution is 5.77. The zero-order valence-electron chi connectivity index (χ0n) is 12.7. The van der Waals surface area contributed by atoms with Crippen molar-refractivity contribution >= 4 is 10.9 Å². The van der Waals surface area contributed by atoms with Crippen LogP contribution < -0.4 is 10.3 Å². The SMILES string of the molecule is O=c1[nH]c(CN2CCOc3ccccc3C2)nc2ccccc12. The summed E-state index contributed by atoms with van der Waals surface area (Å²) in [6.07, 6.45) is 0. The normalized spacial score (nSPS) is 15.0. The van der Waals surface area contributed by atoms with Crippen LogP contribution in [-0.4, -0.2) is 28.0 Å². The molecule has 2 aromatic carbocycles. The zero-order valence-corrected chi connectivity index (χ0v) is 12.7. The van der Waals surface area contributed by atoms with E-state index in [1.807, 2.05) is 36.4 Å². The minimum atomic E-state index is -0.0860. The van der Waals surface area contributed by atoms with Gasteiger partial charge in [-0.2, -0.15) is 0 Å². The fourth-order valence-corrected chi connectivity index (χ4v) is 2.94. The van der Waals surface area contributed by atoms with Crippen molar-refractivity contribution in [1.29, 1.82) is 0 Å². The maximum Gasteiger partial charge on any atom is 0.258 e. The van der Waals surface area contributed by atoms with Gasteiger partial charge < -0.3 is 9.72 Å². The third-order valence-corrected chi connectivity index (χ3v) is 4.07. The molecule has 23 heavy (non-hydrogen) atoms. The van der Waals surface area contributed by atoms with E-state index < -0.39 is 0 Å². The predicted octanol–water partition coefficient (Wildman–Crippen LogP) is 2.32. The Kier molecular flexibility index (Phi) is 3.55. The van der Waals surface area contributed by atoms with Crippen molar-refractivity contribution < 1.29 is 4.74 Å².